The van der Waals surface area contributed by atoms with E-state index in [1.807, 2.05) is 35.0 Å². The zero-order chi connectivity index (χ0) is 11.1. The molecule has 0 atom stereocenters. The third-order valence-corrected chi connectivity index (χ3v) is 3.97. The normalized spacial score (nSPS) is 11.1. The highest BCUT2D eigenvalue weighted by Crippen LogP contribution is 2.30. The second-order valence-electron chi connectivity index (χ2n) is 3.44. The molecule has 0 amide bonds. The van der Waals surface area contributed by atoms with Gasteiger partial charge in [0.2, 0.25) is 0 Å². The number of nitrogens with two attached hydrogens (primary N) is 1. The van der Waals surface area contributed by atoms with Crippen LogP contribution in [0, 0.1) is 0 Å². The average Bonchev–Trinajstić information content (AvgIpc) is 2.83. The highest BCUT2D eigenvalue weighted by molar-refractivity contribution is 9.11. The SMILES string of the molecule is Nc1ccn2c(-c3ccc(Br)s3)ncc2c1. The van der Waals surface area contributed by atoms with E-state index in [0.717, 1.165) is 25.7 Å². The zero-order valence-corrected chi connectivity index (χ0v) is 10.6. The summed E-state index contributed by atoms with van der Waals surface area (Å²) in [5.41, 5.74) is 7.50. The molecule has 0 bridgehead atoms. The molecule has 0 unspecified atom stereocenters. The molecule has 16 heavy (non-hydrogen) atoms. The van der Waals surface area contributed by atoms with Gasteiger partial charge in [0.15, 0.2) is 5.82 Å². The van der Waals surface area contributed by atoms with Gasteiger partial charge in [-0.1, -0.05) is 0 Å². The molecule has 0 aliphatic heterocycles. The van der Waals surface area contributed by atoms with Gasteiger partial charge in [0, 0.05) is 11.9 Å². The quantitative estimate of drug-likeness (QED) is 0.747. The minimum atomic E-state index is 0.756. The van der Waals surface area contributed by atoms with Crippen LogP contribution in [-0.2, 0) is 0 Å². The van der Waals surface area contributed by atoms with E-state index in [1.165, 1.54) is 0 Å². The minimum Gasteiger partial charge on any atom is -0.399 e. The van der Waals surface area contributed by atoms with E-state index in [4.69, 9.17) is 5.73 Å². The average molecular weight is 294 g/mol. The van der Waals surface area contributed by atoms with Crippen molar-refractivity contribution in [2.75, 3.05) is 5.73 Å². The van der Waals surface area contributed by atoms with Crippen molar-refractivity contribution < 1.29 is 0 Å². The Morgan fingerprint density at radius 2 is 2.19 bits per heavy atom. The van der Waals surface area contributed by atoms with Crippen LogP contribution in [-0.4, -0.2) is 9.38 Å². The van der Waals surface area contributed by atoms with E-state index in [9.17, 15) is 0 Å². The number of halogens is 1. The summed E-state index contributed by atoms with van der Waals surface area (Å²) in [5, 5.41) is 0. The van der Waals surface area contributed by atoms with E-state index >= 15 is 0 Å². The molecule has 3 nitrogen and oxygen atoms in total. The highest BCUT2D eigenvalue weighted by atomic mass is 79.9. The van der Waals surface area contributed by atoms with Gasteiger partial charge >= 0.3 is 0 Å². The molecule has 5 heteroatoms. The van der Waals surface area contributed by atoms with Crippen molar-refractivity contribution in [2.45, 2.75) is 0 Å². The van der Waals surface area contributed by atoms with E-state index in [0.29, 0.717) is 0 Å². The number of nitrogens with zero attached hydrogens (tertiary/aromatic N) is 2. The standard InChI is InChI=1S/C11H8BrN3S/c12-10-2-1-9(16-10)11-14-6-8-5-7(13)3-4-15(8)11/h1-6H,13H2. The zero-order valence-electron chi connectivity index (χ0n) is 8.22. The van der Waals surface area contributed by atoms with Crippen molar-refractivity contribution in [1.82, 2.24) is 9.38 Å². The van der Waals surface area contributed by atoms with Gasteiger partial charge in [-0.3, -0.25) is 4.40 Å². The molecular formula is C11H8BrN3S. The Labute approximate surface area is 105 Å². The Morgan fingerprint density at radius 1 is 1.31 bits per heavy atom. The van der Waals surface area contributed by atoms with Gasteiger partial charge in [-0.25, -0.2) is 4.98 Å². The van der Waals surface area contributed by atoms with E-state index in [1.54, 1.807) is 11.3 Å². The first-order valence-corrected chi connectivity index (χ1v) is 6.33. The van der Waals surface area contributed by atoms with Crippen molar-refractivity contribution in [1.29, 1.82) is 0 Å². The maximum Gasteiger partial charge on any atom is 0.154 e. The number of pyridine rings is 1. The fraction of sp³-hybridized carbons (Fsp3) is 0. The minimum absolute atomic E-state index is 0.756. The van der Waals surface area contributed by atoms with Crippen molar-refractivity contribution in [3.8, 4) is 10.7 Å². The second kappa shape index (κ2) is 3.61. The van der Waals surface area contributed by atoms with E-state index in [2.05, 4.69) is 27.0 Å². The molecule has 0 saturated carbocycles. The fourth-order valence-electron chi connectivity index (χ4n) is 1.63. The lowest BCUT2D eigenvalue weighted by atomic mass is 10.3. The Morgan fingerprint density at radius 3 is 2.94 bits per heavy atom. The maximum absolute atomic E-state index is 5.73. The predicted molar refractivity (Wildman–Crippen MR) is 70.6 cm³/mol. The van der Waals surface area contributed by atoms with Gasteiger partial charge in [0.25, 0.3) is 0 Å². The lowest BCUT2D eigenvalue weighted by molar-refractivity contribution is 1.17. The van der Waals surface area contributed by atoms with Crippen LogP contribution in [0.2, 0.25) is 0 Å². The fourth-order valence-corrected chi connectivity index (χ4v) is 3.01. The highest BCUT2D eigenvalue weighted by Gasteiger charge is 2.08. The number of hydrogen-bond donors (Lipinski definition) is 1. The lowest BCUT2D eigenvalue weighted by Gasteiger charge is -1.99. The molecule has 3 heterocycles. The molecule has 2 N–H and O–H groups in total. The topological polar surface area (TPSA) is 43.3 Å². The van der Waals surface area contributed by atoms with Crippen LogP contribution in [0.15, 0.2) is 40.4 Å². The summed E-state index contributed by atoms with van der Waals surface area (Å²) in [5.74, 6) is 0.950. The Kier molecular flexibility index (Phi) is 2.22. The molecule has 0 aromatic carbocycles. The van der Waals surface area contributed by atoms with Crippen LogP contribution in [0.25, 0.3) is 16.2 Å². The predicted octanol–water partition coefficient (Wildman–Crippen LogP) is 3.41. The first-order chi connectivity index (χ1) is 7.74. The number of nitrogen functional groups attached to an aromatic ring is 1. The third-order valence-electron chi connectivity index (χ3n) is 2.35. The van der Waals surface area contributed by atoms with Crippen LogP contribution in [0.3, 0.4) is 0 Å². The molecule has 0 spiro atoms. The monoisotopic (exact) mass is 293 g/mol. The summed E-state index contributed by atoms with van der Waals surface area (Å²) in [6.07, 6.45) is 3.78. The Bertz CT molecular complexity index is 656. The Hall–Kier alpha value is -1.33. The number of rotatable bonds is 1. The lowest BCUT2D eigenvalue weighted by Crippen LogP contribution is -1.90. The van der Waals surface area contributed by atoms with Crippen molar-refractivity contribution in [3.63, 3.8) is 0 Å². The van der Waals surface area contributed by atoms with Crippen molar-refractivity contribution in [3.05, 3.63) is 40.4 Å². The number of aromatic nitrogens is 2. The van der Waals surface area contributed by atoms with Gasteiger partial charge in [-0.05, 0) is 40.2 Å². The third kappa shape index (κ3) is 1.52. The van der Waals surface area contributed by atoms with E-state index in [-0.39, 0.29) is 0 Å². The summed E-state index contributed by atoms with van der Waals surface area (Å²) in [7, 11) is 0. The molecule has 0 radical (unpaired) electrons. The van der Waals surface area contributed by atoms with Crippen molar-refractivity contribution in [2.24, 2.45) is 0 Å². The number of hydrogen-bond acceptors (Lipinski definition) is 3. The van der Waals surface area contributed by atoms with Crippen LogP contribution >= 0.6 is 27.3 Å². The van der Waals surface area contributed by atoms with Crippen LogP contribution in [0.5, 0.6) is 0 Å². The molecular weight excluding hydrogens is 286 g/mol. The first kappa shape index (κ1) is 9.86. The summed E-state index contributed by atoms with van der Waals surface area (Å²) in [6, 6.07) is 7.87. The van der Waals surface area contributed by atoms with Crippen molar-refractivity contribution >= 4 is 38.5 Å². The largest absolute Gasteiger partial charge is 0.399 e. The first-order valence-electron chi connectivity index (χ1n) is 4.72. The molecule has 3 aromatic heterocycles. The summed E-state index contributed by atoms with van der Waals surface area (Å²) in [6.45, 7) is 0. The molecule has 80 valence electrons. The van der Waals surface area contributed by atoms with Crippen LogP contribution in [0.1, 0.15) is 0 Å². The van der Waals surface area contributed by atoms with Gasteiger partial charge in [0.1, 0.15) is 0 Å². The second-order valence-corrected chi connectivity index (χ2v) is 5.90. The number of thiophene rings is 1. The van der Waals surface area contributed by atoms with Gasteiger partial charge in [0.05, 0.1) is 20.4 Å². The van der Waals surface area contributed by atoms with Crippen LogP contribution < -0.4 is 5.73 Å². The van der Waals surface area contributed by atoms with Gasteiger partial charge in [-0.15, -0.1) is 11.3 Å². The molecule has 0 aliphatic carbocycles. The van der Waals surface area contributed by atoms with Crippen LogP contribution in [0.4, 0.5) is 5.69 Å². The summed E-state index contributed by atoms with van der Waals surface area (Å²) < 4.78 is 3.14. The molecule has 0 saturated heterocycles. The molecule has 3 rings (SSSR count). The molecule has 0 fully saturated rings. The summed E-state index contributed by atoms with van der Waals surface area (Å²) in [4.78, 5) is 5.55. The summed E-state index contributed by atoms with van der Waals surface area (Å²) >= 11 is 5.12. The van der Waals surface area contributed by atoms with E-state index < -0.39 is 0 Å². The number of imidazole rings is 1. The number of fused-ring (bicyclic) bond motifs is 1. The van der Waals surface area contributed by atoms with Gasteiger partial charge < -0.3 is 5.73 Å². The maximum atomic E-state index is 5.73. The molecule has 3 aromatic rings. The molecule has 0 aliphatic rings. The Balaban J connectivity index is 2.25. The number of anilines is 1. The van der Waals surface area contributed by atoms with Gasteiger partial charge in [-0.2, -0.15) is 0 Å². The smallest absolute Gasteiger partial charge is 0.154 e.